The fraction of sp³-hybridized carbons (Fsp3) is 0.227. The predicted molar refractivity (Wildman–Crippen MR) is 443 cm³/mol. The van der Waals surface area contributed by atoms with Crippen LogP contribution in [0.25, 0.3) is 90.9 Å². The van der Waals surface area contributed by atoms with E-state index in [1.807, 2.05) is 12.1 Å². The maximum absolute atomic E-state index is 14.5. The van der Waals surface area contributed by atoms with Gasteiger partial charge in [-0.05, 0) is 206 Å². The van der Waals surface area contributed by atoms with Crippen molar-refractivity contribution in [2.24, 2.45) is 11.5 Å². The molecule has 11 rings (SSSR count). The van der Waals surface area contributed by atoms with Gasteiger partial charge in [-0.1, -0.05) is 72.8 Å². The number of methoxy groups -OCH3 is 2. The lowest BCUT2D eigenvalue weighted by molar-refractivity contribution is -0.147. The summed E-state index contributed by atoms with van der Waals surface area (Å²) in [6.07, 6.45) is 7.56. The van der Waals surface area contributed by atoms with Gasteiger partial charge in [-0.25, -0.2) is 29.1 Å². The first kappa shape index (κ1) is 86.0. The number of unbranched alkanes of at least 4 members (excludes halogenated alkanes) is 2. The second-order valence-corrected chi connectivity index (χ2v) is 28.3. The zero-order valence-corrected chi connectivity index (χ0v) is 64.9. The molecule has 0 unspecified atom stereocenters. The third-order valence-corrected chi connectivity index (χ3v) is 20.0. The van der Waals surface area contributed by atoms with Crippen LogP contribution in [0.1, 0.15) is 127 Å². The molecule has 32 heteroatoms. The van der Waals surface area contributed by atoms with Crippen molar-refractivity contribution in [3.05, 3.63) is 226 Å². The van der Waals surface area contributed by atoms with Gasteiger partial charge in [0.25, 0.3) is 23.6 Å². The Morgan fingerprint density at radius 1 is 0.350 bits per heavy atom. The highest BCUT2D eigenvalue weighted by Crippen LogP contribution is 2.39. The number of benzene rings is 6. The van der Waals surface area contributed by atoms with Crippen molar-refractivity contribution in [2.75, 3.05) is 27.3 Å². The Hall–Kier alpha value is -14.9. The third kappa shape index (κ3) is 21.6. The molecule has 0 saturated heterocycles. The number of ether oxygens (including phenoxy) is 2. The molecule has 3 aromatic heterocycles. The molecule has 0 aliphatic carbocycles. The number of aromatic hydroxyl groups is 2. The van der Waals surface area contributed by atoms with Gasteiger partial charge in [0, 0.05) is 79.4 Å². The molecule has 618 valence electrons. The molecule has 6 atom stereocenters. The van der Waals surface area contributed by atoms with Gasteiger partial charge in [-0.15, -0.1) is 0 Å². The zero-order chi connectivity index (χ0) is 85.8. The number of aromatic amines is 2. The largest absolute Gasteiger partial charge is 0.508 e. The van der Waals surface area contributed by atoms with E-state index in [-0.39, 0.29) is 59.4 Å². The van der Waals surface area contributed by atoms with Crippen LogP contribution in [0.4, 0.5) is 0 Å². The molecule has 2 aliphatic rings. The van der Waals surface area contributed by atoms with Gasteiger partial charge in [-0.3, -0.25) is 38.4 Å². The van der Waals surface area contributed by atoms with Crippen LogP contribution in [-0.4, -0.2) is 185 Å². The Bertz CT molecular complexity index is 5290. The standard InChI is InChI=1S/C88H86N12O20/c1-119-87(117)67(7-3-5-41-89)95-79(107)53-21-13-49(14-22-53)75-59-33-34-60(91-59)76(50-15-23-54(24-16-50)80(108)96-68(88(118)120-2)8-4-6-42-90)62-36-38-64(93-62)78(52-19-27-56(28-20-52)82(110)98-70(44-48-11-31-58(102)32-12-48)84(112)100-72(86(115)116)46-74(105)106)66-40-39-65(94-66)77(63-37-35-61(75)92-63)51-17-25-55(26-18-51)81(109)97-69(43-47-9-29-57(101)30-10-47)83(111)99-71(85(113)114)45-73(103)104/h9-40,67-72,91,94,101-102H,3-8,41-46,89-90H2,1-2H3,(H,95,107)(H,96,108)(H,97,109)(H,98,110)(H,99,111)(H,100,112)(H,103,104)(H,105,106)(H,113,114)(H,115,116)/t67-,68-,69-,70-,71-,72-/m0/s1. The van der Waals surface area contributed by atoms with E-state index in [9.17, 15) is 88.2 Å². The average Bonchev–Trinajstić information content (AvgIpc) is 1.66. The molecule has 0 radical (unpaired) electrons. The summed E-state index contributed by atoms with van der Waals surface area (Å²) in [6.45, 7) is 0.759. The smallest absolute Gasteiger partial charge is 0.328 e. The molecule has 2 aliphatic heterocycles. The number of fused-ring (bicyclic) bond motifs is 8. The SMILES string of the molecule is COC(=O)[C@H](CCCCN)NC(=O)c1ccc(-c2c3nc(c(-c4ccc(C(=O)N[C@@H](Cc5ccc(O)cc5)C(=O)N[C@@H](CC(=O)O)C(=O)O)cc4)c4ccc([nH]4)c(-c4ccc(C(=O)N[C@@H](Cc5ccc(O)cc5)C(=O)N[C@@H](CC(=O)O)C(=O)O)cc4)c4nc(c(-c5ccc(C(=O)N[C@@H](CCCCN)C(=O)OC)cc5)c5ccc2[nH]5)C=C4)C=C3)cc1. The summed E-state index contributed by atoms with van der Waals surface area (Å²) in [5, 5.41) is 74.2. The highest BCUT2D eigenvalue weighted by Gasteiger charge is 2.33. The molecule has 0 fully saturated rings. The van der Waals surface area contributed by atoms with Crippen molar-refractivity contribution < 1.29 is 97.6 Å². The second kappa shape index (κ2) is 39.6. The molecular weight excluding hydrogens is 1550 g/mol. The maximum Gasteiger partial charge on any atom is 0.328 e. The summed E-state index contributed by atoms with van der Waals surface area (Å²) in [5.74, 6) is -12.5. The number of aromatic nitrogens is 4. The number of carbonyl (C=O) groups is 12. The fourth-order valence-electron chi connectivity index (χ4n) is 13.8. The molecule has 5 heterocycles. The number of carboxylic acid groups (broad SMARTS) is 4. The Balaban J connectivity index is 1.09. The Morgan fingerprint density at radius 2 is 0.617 bits per heavy atom. The van der Waals surface area contributed by atoms with Crippen LogP contribution in [0.2, 0.25) is 0 Å². The van der Waals surface area contributed by atoms with Crippen LogP contribution < -0.4 is 43.4 Å². The average molecular weight is 1630 g/mol. The molecule has 0 saturated carbocycles. The van der Waals surface area contributed by atoms with Crippen molar-refractivity contribution in [2.45, 2.75) is 100 Å². The minimum absolute atomic E-state index is 0.0167. The van der Waals surface area contributed by atoms with E-state index in [0.29, 0.717) is 139 Å². The normalized spacial score (nSPS) is 12.9. The topological polar surface area (TPSA) is 526 Å². The lowest BCUT2D eigenvalue weighted by Gasteiger charge is -2.21. The molecule has 120 heavy (non-hydrogen) atoms. The monoisotopic (exact) mass is 1630 g/mol. The number of amides is 6. The van der Waals surface area contributed by atoms with Crippen LogP contribution in [0, 0.1) is 0 Å². The van der Waals surface area contributed by atoms with Gasteiger partial charge in [0.2, 0.25) is 11.8 Å². The predicted octanol–water partition coefficient (Wildman–Crippen LogP) is 8.31. The van der Waals surface area contributed by atoms with Gasteiger partial charge in [0.05, 0.1) is 49.8 Å². The molecule has 6 amide bonds. The van der Waals surface area contributed by atoms with E-state index < -0.39 is 120 Å². The van der Waals surface area contributed by atoms with E-state index in [4.69, 9.17) is 30.9 Å². The van der Waals surface area contributed by atoms with Crippen LogP contribution in [0.15, 0.2) is 170 Å². The van der Waals surface area contributed by atoms with E-state index in [1.54, 1.807) is 109 Å². The molecule has 6 aromatic carbocycles. The molecular formula is C88H86N12O20. The molecule has 9 aromatic rings. The number of nitrogens with two attached hydrogens (primary N) is 2. The summed E-state index contributed by atoms with van der Waals surface area (Å²) >= 11 is 0. The van der Waals surface area contributed by atoms with E-state index >= 15 is 0 Å². The van der Waals surface area contributed by atoms with Gasteiger partial charge < -0.3 is 93.4 Å². The second-order valence-electron chi connectivity index (χ2n) is 28.3. The van der Waals surface area contributed by atoms with Crippen LogP contribution in [0.5, 0.6) is 11.5 Å². The number of esters is 2. The number of nitrogens with one attached hydrogen (secondary N) is 8. The van der Waals surface area contributed by atoms with Gasteiger partial charge in [0.15, 0.2) is 0 Å². The summed E-state index contributed by atoms with van der Waals surface area (Å²) < 4.78 is 10.1. The Labute approximate surface area is 685 Å². The van der Waals surface area contributed by atoms with E-state index in [0.717, 1.165) is 0 Å². The van der Waals surface area contributed by atoms with Crippen molar-refractivity contribution >= 4 is 118 Å². The number of phenolic OH excluding ortho intramolecular Hbond substituents is 2. The lowest BCUT2D eigenvalue weighted by Crippen LogP contribution is -2.53. The maximum atomic E-state index is 14.5. The number of rotatable bonds is 36. The van der Waals surface area contributed by atoms with Crippen LogP contribution in [0.3, 0.4) is 0 Å². The number of H-pyrrole nitrogens is 2. The molecule has 0 spiro atoms. The van der Waals surface area contributed by atoms with E-state index in [2.05, 4.69) is 41.9 Å². The highest BCUT2D eigenvalue weighted by molar-refractivity contribution is 6.05. The summed E-state index contributed by atoms with van der Waals surface area (Å²) in [7, 11) is 2.46. The molecule has 32 nitrogen and oxygen atoms in total. The first-order chi connectivity index (χ1) is 57.7. The number of aliphatic carboxylic acids is 4. The first-order valence-electron chi connectivity index (χ1n) is 38.1. The number of phenols is 2. The number of carboxylic acids is 4. The number of carbonyl (C=O) groups excluding carboxylic acids is 8. The van der Waals surface area contributed by atoms with Crippen molar-refractivity contribution in [3.8, 4) is 56.0 Å². The van der Waals surface area contributed by atoms with E-state index in [1.165, 1.54) is 87.0 Å². The quantitative estimate of drug-likeness (QED) is 0.0130. The minimum atomic E-state index is -1.87. The minimum Gasteiger partial charge on any atom is -0.508 e. The van der Waals surface area contributed by atoms with Crippen LogP contribution >= 0.6 is 0 Å². The molecule has 18 N–H and O–H groups in total. The Kier molecular flexibility index (Phi) is 28.4. The lowest BCUT2D eigenvalue weighted by atomic mass is 10.0. The number of hydrogen-bond donors (Lipinski definition) is 16. The van der Waals surface area contributed by atoms with Crippen molar-refractivity contribution in [1.82, 2.24) is 51.8 Å². The Morgan fingerprint density at radius 3 is 0.858 bits per heavy atom. The van der Waals surface area contributed by atoms with Gasteiger partial charge >= 0.3 is 35.8 Å². The summed E-state index contributed by atoms with van der Waals surface area (Å²) in [4.78, 5) is 177. The van der Waals surface area contributed by atoms with Crippen LogP contribution in [-0.2, 0) is 60.7 Å². The van der Waals surface area contributed by atoms with Gasteiger partial charge in [-0.2, -0.15) is 0 Å². The number of hydrogen-bond acceptors (Lipinski definition) is 20. The number of nitrogens with zero attached hydrogens (tertiary/aromatic N) is 2. The van der Waals surface area contributed by atoms with Crippen molar-refractivity contribution in [1.29, 1.82) is 0 Å². The fourth-order valence-corrected chi connectivity index (χ4v) is 13.8. The first-order valence-corrected chi connectivity index (χ1v) is 38.1. The highest BCUT2D eigenvalue weighted by atomic mass is 16.5. The third-order valence-electron chi connectivity index (χ3n) is 20.0. The van der Waals surface area contributed by atoms with Gasteiger partial charge in [0.1, 0.15) is 47.8 Å². The zero-order valence-electron chi connectivity index (χ0n) is 64.9. The summed E-state index contributed by atoms with van der Waals surface area (Å²) in [6, 6.07) is 35.7. The summed E-state index contributed by atoms with van der Waals surface area (Å²) in [5.41, 5.74) is 20.2. The molecule has 8 bridgehead atoms. The van der Waals surface area contributed by atoms with Crippen molar-refractivity contribution in [3.63, 3.8) is 0 Å².